The molecule has 1 atom stereocenters. The zero-order valence-corrected chi connectivity index (χ0v) is 18.9. The first-order valence-corrected chi connectivity index (χ1v) is 12.0. The van der Waals surface area contributed by atoms with Gasteiger partial charge in [0.25, 0.3) is 0 Å². The molecule has 0 radical (unpaired) electrons. The van der Waals surface area contributed by atoms with Crippen LogP contribution in [0.25, 0.3) is 0 Å². The van der Waals surface area contributed by atoms with Gasteiger partial charge in [0.1, 0.15) is 18.1 Å². The standard InChI is InChI=1S/C24H38N4O3/c1-30-22-8-9-23-19(17-22)16-20(18-31-23)26-24(29)25-10-5-11-27-12-14-28(15-13-27)21-6-3-2-4-7-21/h8-9,17,20-21H,2-7,10-16,18H2,1H3,(H2,25,26,29). The average Bonchev–Trinajstić information content (AvgIpc) is 2.82. The summed E-state index contributed by atoms with van der Waals surface area (Å²) < 4.78 is 11.1. The highest BCUT2D eigenvalue weighted by atomic mass is 16.5. The molecule has 7 heteroatoms. The second-order valence-corrected chi connectivity index (χ2v) is 9.11. The lowest BCUT2D eigenvalue weighted by molar-refractivity contribution is 0.0785. The molecular weight excluding hydrogens is 392 g/mol. The largest absolute Gasteiger partial charge is 0.497 e. The molecule has 1 saturated carbocycles. The fraction of sp³-hybridized carbons (Fsp3) is 0.708. The number of carbonyl (C=O) groups excluding carboxylic acids is 1. The molecule has 1 aromatic rings. The van der Waals surface area contributed by atoms with Crippen molar-refractivity contribution in [3.63, 3.8) is 0 Å². The predicted octanol–water partition coefficient (Wildman–Crippen LogP) is 2.64. The van der Waals surface area contributed by atoms with E-state index in [4.69, 9.17) is 9.47 Å². The van der Waals surface area contributed by atoms with Crippen molar-refractivity contribution in [3.05, 3.63) is 23.8 Å². The van der Waals surface area contributed by atoms with Gasteiger partial charge in [-0.3, -0.25) is 4.90 Å². The van der Waals surface area contributed by atoms with Crippen LogP contribution in [0.2, 0.25) is 0 Å². The second-order valence-electron chi connectivity index (χ2n) is 9.11. The molecule has 7 nitrogen and oxygen atoms in total. The topological polar surface area (TPSA) is 66.1 Å². The summed E-state index contributed by atoms with van der Waals surface area (Å²) in [5.41, 5.74) is 1.07. The minimum Gasteiger partial charge on any atom is -0.497 e. The minimum absolute atomic E-state index is 0.0209. The Balaban J connectivity index is 1.09. The number of methoxy groups -OCH3 is 1. The number of carbonyl (C=O) groups is 1. The Bertz CT molecular complexity index is 715. The maximum atomic E-state index is 12.3. The SMILES string of the molecule is COc1ccc2c(c1)CC(NC(=O)NCCCN1CCN(C3CCCCC3)CC1)CO2. The molecule has 31 heavy (non-hydrogen) atoms. The van der Waals surface area contributed by atoms with Gasteiger partial charge < -0.3 is 25.0 Å². The Hall–Kier alpha value is -1.99. The molecule has 2 N–H and O–H groups in total. The van der Waals surface area contributed by atoms with Gasteiger partial charge in [-0.05, 0) is 56.0 Å². The lowest BCUT2D eigenvalue weighted by Gasteiger charge is -2.40. The molecule has 2 amide bonds. The van der Waals surface area contributed by atoms with E-state index in [0.29, 0.717) is 13.2 Å². The number of rotatable bonds is 7. The monoisotopic (exact) mass is 430 g/mol. The van der Waals surface area contributed by atoms with Crippen LogP contribution in [-0.4, -0.2) is 80.9 Å². The lowest BCUT2D eigenvalue weighted by Crippen LogP contribution is -2.51. The smallest absolute Gasteiger partial charge is 0.315 e. The van der Waals surface area contributed by atoms with Crippen molar-refractivity contribution in [2.24, 2.45) is 0 Å². The number of fused-ring (bicyclic) bond motifs is 1. The highest BCUT2D eigenvalue weighted by Crippen LogP contribution is 2.28. The van der Waals surface area contributed by atoms with Crippen LogP contribution in [-0.2, 0) is 6.42 Å². The Morgan fingerprint density at radius 1 is 1.16 bits per heavy atom. The molecule has 0 aromatic heterocycles. The highest BCUT2D eigenvalue weighted by molar-refractivity contribution is 5.74. The van der Waals surface area contributed by atoms with Crippen molar-refractivity contribution in [3.8, 4) is 11.5 Å². The van der Waals surface area contributed by atoms with Crippen LogP contribution in [0.4, 0.5) is 4.79 Å². The Labute approximate surface area is 186 Å². The third-order valence-corrected chi connectivity index (χ3v) is 6.94. The molecule has 2 fully saturated rings. The number of amides is 2. The second kappa shape index (κ2) is 11.0. The Kier molecular flexibility index (Phi) is 7.92. The predicted molar refractivity (Wildman–Crippen MR) is 122 cm³/mol. The number of ether oxygens (including phenoxy) is 2. The van der Waals surface area contributed by atoms with E-state index in [9.17, 15) is 4.79 Å². The van der Waals surface area contributed by atoms with Crippen LogP contribution in [0.3, 0.4) is 0 Å². The summed E-state index contributed by atoms with van der Waals surface area (Å²) in [5.74, 6) is 1.69. The van der Waals surface area contributed by atoms with Crippen molar-refractivity contribution >= 4 is 6.03 Å². The van der Waals surface area contributed by atoms with Gasteiger partial charge in [-0.15, -0.1) is 0 Å². The minimum atomic E-state index is -0.109. The molecule has 1 aromatic carbocycles. The van der Waals surface area contributed by atoms with Crippen molar-refractivity contribution in [1.29, 1.82) is 0 Å². The lowest BCUT2D eigenvalue weighted by atomic mass is 9.94. The fourth-order valence-corrected chi connectivity index (χ4v) is 5.13. The number of urea groups is 1. The molecule has 1 aliphatic carbocycles. The quantitative estimate of drug-likeness (QED) is 0.651. The van der Waals surface area contributed by atoms with Gasteiger partial charge in [-0.25, -0.2) is 4.79 Å². The normalized spacial score (nSPS) is 22.9. The van der Waals surface area contributed by atoms with Crippen molar-refractivity contribution in [2.75, 3.05) is 53.0 Å². The molecule has 172 valence electrons. The van der Waals surface area contributed by atoms with Crippen LogP contribution < -0.4 is 20.1 Å². The van der Waals surface area contributed by atoms with E-state index in [2.05, 4.69) is 20.4 Å². The van der Waals surface area contributed by atoms with Crippen LogP contribution >= 0.6 is 0 Å². The van der Waals surface area contributed by atoms with Gasteiger partial charge in [-0.2, -0.15) is 0 Å². The van der Waals surface area contributed by atoms with Crippen molar-refractivity contribution in [2.45, 2.75) is 57.0 Å². The van der Waals surface area contributed by atoms with Crippen molar-refractivity contribution < 1.29 is 14.3 Å². The first-order chi connectivity index (χ1) is 15.2. The maximum absolute atomic E-state index is 12.3. The number of hydrogen-bond donors (Lipinski definition) is 2. The van der Waals surface area contributed by atoms with E-state index in [1.165, 1.54) is 45.2 Å². The van der Waals surface area contributed by atoms with E-state index in [-0.39, 0.29) is 12.1 Å². The van der Waals surface area contributed by atoms with E-state index in [0.717, 1.165) is 55.6 Å². The van der Waals surface area contributed by atoms with Gasteiger partial charge in [0.15, 0.2) is 0 Å². The van der Waals surface area contributed by atoms with E-state index in [1.807, 2.05) is 18.2 Å². The summed E-state index contributed by atoms with van der Waals surface area (Å²) in [4.78, 5) is 17.5. The number of nitrogens with one attached hydrogen (secondary N) is 2. The van der Waals surface area contributed by atoms with Crippen LogP contribution in [0.15, 0.2) is 18.2 Å². The third-order valence-electron chi connectivity index (χ3n) is 6.94. The summed E-state index contributed by atoms with van der Waals surface area (Å²) in [6, 6.07) is 6.51. The number of nitrogens with zero attached hydrogens (tertiary/aromatic N) is 2. The maximum Gasteiger partial charge on any atom is 0.315 e. The molecule has 3 aliphatic rings. The summed E-state index contributed by atoms with van der Waals surface area (Å²) in [7, 11) is 1.66. The molecule has 4 rings (SSSR count). The third kappa shape index (κ3) is 6.26. The van der Waals surface area contributed by atoms with Gasteiger partial charge in [0.05, 0.1) is 13.2 Å². The zero-order chi connectivity index (χ0) is 21.5. The van der Waals surface area contributed by atoms with E-state index < -0.39 is 0 Å². The molecular formula is C24H38N4O3. The van der Waals surface area contributed by atoms with Gasteiger partial charge in [-0.1, -0.05) is 19.3 Å². The van der Waals surface area contributed by atoms with Crippen LogP contribution in [0.1, 0.15) is 44.1 Å². The molecule has 1 unspecified atom stereocenters. The molecule has 1 saturated heterocycles. The van der Waals surface area contributed by atoms with Gasteiger partial charge in [0.2, 0.25) is 0 Å². The molecule has 2 heterocycles. The molecule has 0 bridgehead atoms. The first kappa shape index (κ1) is 22.2. The van der Waals surface area contributed by atoms with E-state index in [1.54, 1.807) is 7.11 Å². The Morgan fingerprint density at radius 3 is 2.74 bits per heavy atom. The summed E-state index contributed by atoms with van der Waals surface area (Å²) >= 11 is 0. The van der Waals surface area contributed by atoms with Gasteiger partial charge in [0, 0.05) is 38.8 Å². The van der Waals surface area contributed by atoms with E-state index >= 15 is 0 Å². The summed E-state index contributed by atoms with van der Waals surface area (Å²) in [5, 5.41) is 6.05. The molecule has 0 spiro atoms. The Morgan fingerprint density at radius 2 is 1.97 bits per heavy atom. The van der Waals surface area contributed by atoms with Crippen LogP contribution in [0, 0.1) is 0 Å². The first-order valence-electron chi connectivity index (χ1n) is 12.0. The average molecular weight is 431 g/mol. The fourth-order valence-electron chi connectivity index (χ4n) is 5.13. The van der Waals surface area contributed by atoms with Crippen LogP contribution in [0.5, 0.6) is 11.5 Å². The summed E-state index contributed by atoms with van der Waals surface area (Å²) in [6.07, 6.45) is 8.77. The zero-order valence-electron chi connectivity index (χ0n) is 18.9. The summed E-state index contributed by atoms with van der Waals surface area (Å²) in [6.45, 7) is 6.97. The molecule has 2 aliphatic heterocycles. The number of hydrogen-bond acceptors (Lipinski definition) is 5. The highest BCUT2D eigenvalue weighted by Gasteiger charge is 2.25. The number of piperazine rings is 1. The van der Waals surface area contributed by atoms with Gasteiger partial charge >= 0.3 is 6.03 Å². The number of benzene rings is 1. The van der Waals surface area contributed by atoms with Crippen molar-refractivity contribution in [1.82, 2.24) is 20.4 Å².